The van der Waals surface area contributed by atoms with Gasteiger partial charge in [-0.3, -0.25) is 4.79 Å². The van der Waals surface area contributed by atoms with Crippen LogP contribution >= 0.6 is 11.6 Å². The number of amides is 1. The molecule has 0 unspecified atom stereocenters. The van der Waals surface area contributed by atoms with Crippen LogP contribution in [0.3, 0.4) is 0 Å². The molecule has 1 saturated heterocycles. The van der Waals surface area contributed by atoms with Gasteiger partial charge in [-0.2, -0.15) is 0 Å². The van der Waals surface area contributed by atoms with Crippen LogP contribution in [0.25, 0.3) is 10.9 Å². The molecule has 1 aromatic carbocycles. The van der Waals surface area contributed by atoms with Gasteiger partial charge < -0.3 is 19.7 Å². The molecule has 3 rings (SSSR count). The number of fused-ring (bicyclic) bond motifs is 1. The maximum atomic E-state index is 12.7. The first kappa shape index (κ1) is 15.3. The predicted molar refractivity (Wildman–Crippen MR) is 85.1 cm³/mol. The molecule has 1 aliphatic rings. The minimum atomic E-state index is -1.06. The van der Waals surface area contributed by atoms with Gasteiger partial charge in [-0.25, -0.2) is 0 Å². The largest absolute Gasteiger partial charge is 0.393 e. The summed E-state index contributed by atoms with van der Waals surface area (Å²) in [5, 5.41) is 20.7. The maximum Gasteiger partial charge on any atom is 0.270 e. The Kier molecular flexibility index (Phi) is 3.89. The van der Waals surface area contributed by atoms with E-state index in [9.17, 15) is 15.0 Å². The van der Waals surface area contributed by atoms with Crippen molar-refractivity contribution in [2.75, 3.05) is 19.7 Å². The van der Waals surface area contributed by atoms with Gasteiger partial charge in [0.2, 0.25) is 0 Å². The third-order valence-electron chi connectivity index (χ3n) is 4.53. The lowest BCUT2D eigenvalue weighted by molar-refractivity contribution is -0.0547. The fraction of sp³-hybridized carbons (Fsp3) is 0.438. The molecule has 0 spiro atoms. The molecule has 1 fully saturated rings. The van der Waals surface area contributed by atoms with Crippen LogP contribution in [0.4, 0.5) is 0 Å². The quantitative estimate of drug-likeness (QED) is 0.886. The Morgan fingerprint density at radius 3 is 2.64 bits per heavy atom. The van der Waals surface area contributed by atoms with E-state index >= 15 is 0 Å². The third kappa shape index (κ3) is 2.49. The molecule has 1 amide bonds. The third-order valence-corrected chi connectivity index (χ3v) is 4.86. The molecule has 5 nitrogen and oxygen atoms in total. The molecule has 0 radical (unpaired) electrons. The van der Waals surface area contributed by atoms with E-state index in [4.69, 9.17) is 11.6 Å². The highest BCUT2D eigenvalue weighted by atomic mass is 35.5. The highest BCUT2D eigenvalue weighted by Gasteiger charge is 2.34. The number of likely N-dealkylation sites (tertiary alicyclic amines) is 1. The summed E-state index contributed by atoms with van der Waals surface area (Å²) in [6.45, 7) is 0.606. The molecular formula is C16H19ClN2O3. The minimum absolute atomic E-state index is 0.0743. The van der Waals surface area contributed by atoms with Gasteiger partial charge in [0.1, 0.15) is 5.69 Å². The smallest absolute Gasteiger partial charge is 0.270 e. The SMILES string of the molecule is Cn1c(C(=O)N2CCC(O)(CO)CC2)cc2c(Cl)cccc21. The van der Waals surface area contributed by atoms with Gasteiger partial charge in [-0.1, -0.05) is 17.7 Å². The topological polar surface area (TPSA) is 65.7 Å². The van der Waals surface area contributed by atoms with E-state index in [2.05, 4.69) is 0 Å². The van der Waals surface area contributed by atoms with Crippen molar-refractivity contribution in [1.82, 2.24) is 9.47 Å². The van der Waals surface area contributed by atoms with Crippen LogP contribution in [0.5, 0.6) is 0 Å². The Labute approximate surface area is 133 Å². The molecule has 1 aromatic heterocycles. The van der Waals surface area contributed by atoms with E-state index in [1.807, 2.05) is 29.8 Å². The van der Waals surface area contributed by atoms with Crippen LogP contribution in [0.2, 0.25) is 5.02 Å². The molecule has 2 aromatic rings. The number of piperidine rings is 1. The van der Waals surface area contributed by atoms with Crippen molar-refractivity contribution in [3.63, 3.8) is 0 Å². The zero-order valence-electron chi connectivity index (χ0n) is 12.4. The van der Waals surface area contributed by atoms with Crippen LogP contribution in [0.1, 0.15) is 23.3 Å². The van der Waals surface area contributed by atoms with Gasteiger partial charge in [0.05, 0.1) is 12.2 Å². The van der Waals surface area contributed by atoms with Crippen molar-refractivity contribution in [3.8, 4) is 0 Å². The molecular weight excluding hydrogens is 304 g/mol. The molecule has 0 aliphatic carbocycles. The van der Waals surface area contributed by atoms with Gasteiger partial charge in [-0.05, 0) is 31.0 Å². The number of benzene rings is 1. The number of nitrogens with zero attached hydrogens (tertiary/aromatic N) is 2. The summed E-state index contributed by atoms with van der Waals surface area (Å²) in [5.41, 5.74) is 0.441. The Bertz CT molecular complexity index is 717. The Hall–Kier alpha value is -1.56. The first-order chi connectivity index (χ1) is 10.4. The summed E-state index contributed by atoms with van der Waals surface area (Å²) in [7, 11) is 1.85. The summed E-state index contributed by atoms with van der Waals surface area (Å²) in [6, 6.07) is 7.41. The first-order valence-corrected chi connectivity index (χ1v) is 7.69. The van der Waals surface area contributed by atoms with E-state index in [1.165, 1.54) is 0 Å². The summed E-state index contributed by atoms with van der Waals surface area (Å²) in [6.07, 6.45) is 0.778. The van der Waals surface area contributed by atoms with Crippen molar-refractivity contribution >= 4 is 28.4 Å². The molecule has 6 heteroatoms. The molecule has 0 atom stereocenters. The molecule has 22 heavy (non-hydrogen) atoms. The summed E-state index contributed by atoms with van der Waals surface area (Å²) in [5.74, 6) is -0.0743. The van der Waals surface area contributed by atoms with Crippen molar-refractivity contribution < 1.29 is 15.0 Å². The zero-order chi connectivity index (χ0) is 15.9. The molecule has 0 saturated carbocycles. The van der Waals surface area contributed by atoms with Gasteiger partial charge >= 0.3 is 0 Å². The van der Waals surface area contributed by atoms with Crippen LogP contribution in [-0.2, 0) is 7.05 Å². The Balaban J connectivity index is 1.87. The summed E-state index contributed by atoms with van der Waals surface area (Å²) < 4.78 is 1.84. The molecule has 0 bridgehead atoms. The van der Waals surface area contributed by atoms with E-state index in [0.29, 0.717) is 36.6 Å². The van der Waals surface area contributed by atoms with Gasteiger partial charge in [0.25, 0.3) is 5.91 Å². The van der Waals surface area contributed by atoms with Crippen molar-refractivity contribution in [2.24, 2.45) is 7.05 Å². The number of halogens is 1. The fourth-order valence-electron chi connectivity index (χ4n) is 2.98. The lowest BCUT2D eigenvalue weighted by atomic mass is 9.92. The van der Waals surface area contributed by atoms with E-state index in [1.54, 1.807) is 11.0 Å². The second-order valence-corrected chi connectivity index (χ2v) is 6.34. The van der Waals surface area contributed by atoms with Crippen LogP contribution < -0.4 is 0 Å². The summed E-state index contributed by atoms with van der Waals surface area (Å²) in [4.78, 5) is 14.4. The highest BCUT2D eigenvalue weighted by molar-refractivity contribution is 6.35. The van der Waals surface area contributed by atoms with E-state index in [-0.39, 0.29) is 12.5 Å². The van der Waals surface area contributed by atoms with Crippen LogP contribution in [-0.4, -0.2) is 50.9 Å². The molecule has 2 heterocycles. The monoisotopic (exact) mass is 322 g/mol. The number of aryl methyl sites for hydroxylation is 1. The Morgan fingerprint density at radius 2 is 2.05 bits per heavy atom. The first-order valence-electron chi connectivity index (χ1n) is 7.32. The second kappa shape index (κ2) is 5.57. The van der Waals surface area contributed by atoms with Crippen LogP contribution in [0.15, 0.2) is 24.3 Å². The lowest BCUT2D eigenvalue weighted by Gasteiger charge is -2.37. The van der Waals surface area contributed by atoms with E-state index < -0.39 is 5.60 Å². The van der Waals surface area contributed by atoms with Gasteiger partial charge in [0, 0.05) is 36.1 Å². The van der Waals surface area contributed by atoms with Crippen molar-refractivity contribution in [3.05, 3.63) is 35.0 Å². The number of carbonyl (C=O) groups excluding carboxylic acids is 1. The maximum absolute atomic E-state index is 12.7. The number of hydrogen-bond donors (Lipinski definition) is 2. The number of carbonyl (C=O) groups is 1. The van der Waals surface area contributed by atoms with Crippen LogP contribution in [0, 0.1) is 0 Å². The Morgan fingerprint density at radius 1 is 1.36 bits per heavy atom. The predicted octanol–water partition coefficient (Wildman–Crippen LogP) is 1.79. The number of hydrogen-bond acceptors (Lipinski definition) is 3. The summed E-state index contributed by atoms with van der Waals surface area (Å²) >= 11 is 6.19. The zero-order valence-corrected chi connectivity index (χ0v) is 13.2. The minimum Gasteiger partial charge on any atom is -0.393 e. The number of aliphatic hydroxyl groups excluding tert-OH is 1. The molecule has 118 valence electrons. The second-order valence-electron chi connectivity index (χ2n) is 5.94. The molecule has 1 aliphatic heterocycles. The van der Waals surface area contributed by atoms with Gasteiger partial charge in [-0.15, -0.1) is 0 Å². The normalized spacial score (nSPS) is 17.9. The van der Waals surface area contributed by atoms with Crippen molar-refractivity contribution in [1.29, 1.82) is 0 Å². The number of aromatic nitrogens is 1. The average Bonchev–Trinajstić information content (AvgIpc) is 2.86. The lowest BCUT2D eigenvalue weighted by Crippen LogP contribution is -2.48. The fourth-order valence-corrected chi connectivity index (χ4v) is 3.20. The van der Waals surface area contributed by atoms with Crippen molar-refractivity contribution in [2.45, 2.75) is 18.4 Å². The van der Waals surface area contributed by atoms with Gasteiger partial charge in [0.15, 0.2) is 0 Å². The highest BCUT2D eigenvalue weighted by Crippen LogP contribution is 2.28. The number of rotatable bonds is 2. The number of aliphatic hydroxyl groups is 2. The van der Waals surface area contributed by atoms with E-state index in [0.717, 1.165) is 10.9 Å². The molecule has 2 N–H and O–H groups in total. The average molecular weight is 323 g/mol. The standard InChI is InChI=1S/C16H19ClN2O3/c1-18-13-4-2-3-12(17)11(13)9-14(18)15(21)19-7-5-16(22,10-20)6-8-19/h2-4,9,20,22H,5-8,10H2,1H3.